The van der Waals surface area contributed by atoms with Crippen LogP contribution in [0.3, 0.4) is 0 Å². The summed E-state index contributed by atoms with van der Waals surface area (Å²) in [6.07, 6.45) is 1.11. The molecule has 26 heteroatoms. The fourth-order valence-electron chi connectivity index (χ4n) is 13.2. The standard InChI is InChI=1S/C80H104N8O15S3/c1-49-22-28-56(29-23-49)43-104-46-65(73(93)82-52(4)77(97)100-41-54-17-11-9-12-18-54)85-74(94)66(47-105-44-57-30-24-50(2)25-31-57)86-76(96)69(53(5)89)88-75(95)67(48-106-45-58-32-26-51(3)27-33-58)84-71(91)63(21-15-16-34-81-78(98)101-42-55-19-13-10-14-20-55)83-72(92)64(87-79(99)103-80(6,7)8)40-68(90)102-70-61-36-59-35-60(38-61)39-62(70)37-59/h9-14,17-20,22-33,52-53,59-67,69-70,89H,15-16,21,34-48H2,1-8H3,(H,81,98)(H,82,93)(H,83,92)(H,84,91)(H,85,94)(H,86,96)(H,87,99)(H,88,95)/t52-,53+,59?,60?,61?,62?,63-,64-,65-,66-,67-,69-,70?/m0/s1. The first kappa shape index (κ1) is 83.1. The maximum Gasteiger partial charge on any atom is 0.408 e. The molecule has 5 aromatic rings. The molecule has 4 saturated carbocycles. The molecule has 9 rings (SSSR count). The molecule has 4 fully saturated rings. The fourth-order valence-corrected chi connectivity index (χ4v) is 16.3. The number of carbonyl (C=O) groups excluding carboxylic acids is 10. The van der Waals surface area contributed by atoms with Crippen LogP contribution in [0.15, 0.2) is 133 Å². The number of hydrogen-bond donors (Lipinski definition) is 9. The lowest BCUT2D eigenvalue weighted by atomic mass is 9.55. The molecular formula is C80H104N8O15S3. The van der Waals surface area contributed by atoms with E-state index in [2.05, 4.69) is 42.5 Å². The van der Waals surface area contributed by atoms with Crippen LogP contribution in [0.25, 0.3) is 0 Å². The highest BCUT2D eigenvalue weighted by molar-refractivity contribution is 7.99. The lowest BCUT2D eigenvalue weighted by molar-refractivity contribution is -0.171. The van der Waals surface area contributed by atoms with Crippen molar-refractivity contribution in [3.63, 3.8) is 0 Å². The quantitative estimate of drug-likeness (QED) is 0.0100. The van der Waals surface area contributed by atoms with E-state index in [0.717, 1.165) is 70.2 Å². The minimum atomic E-state index is -1.76. The maximum atomic E-state index is 15.1. The Kier molecular flexibility index (Phi) is 32.5. The van der Waals surface area contributed by atoms with Crippen molar-refractivity contribution >= 4 is 94.9 Å². The number of alkyl carbamates (subject to hydrolysis) is 2. The second kappa shape index (κ2) is 41.5. The number of aryl methyl sites for hydroxylation is 3. The third-order valence-electron chi connectivity index (χ3n) is 18.7. The third-order valence-corrected chi connectivity index (χ3v) is 22.1. The molecule has 106 heavy (non-hydrogen) atoms. The van der Waals surface area contributed by atoms with Crippen molar-refractivity contribution in [1.82, 2.24) is 42.5 Å². The van der Waals surface area contributed by atoms with Crippen LogP contribution < -0.4 is 42.5 Å². The smallest absolute Gasteiger partial charge is 0.408 e. The molecular weight excluding hydrogens is 1410 g/mol. The summed E-state index contributed by atoms with van der Waals surface area (Å²) in [5.41, 5.74) is 6.38. The Hall–Kier alpha value is -8.59. The molecule has 23 nitrogen and oxygen atoms in total. The van der Waals surface area contributed by atoms with Crippen molar-refractivity contribution in [1.29, 1.82) is 0 Å². The van der Waals surface area contributed by atoms with E-state index < -0.39 is 120 Å². The van der Waals surface area contributed by atoms with Crippen molar-refractivity contribution < 1.29 is 72.0 Å². The van der Waals surface area contributed by atoms with Crippen molar-refractivity contribution in [3.05, 3.63) is 178 Å². The lowest BCUT2D eigenvalue weighted by Crippen LogP contribution is -2.62. The summed E-state index contributed by atoms with van der Waals surface area (Å²) >= 11 is 3.93. The van der Waals surface area contributed by atoms with Crippen LogP contribution in [0.2, 0.25) is 0 Å². The van der Waals surface area contributed by atoms with Gasteiger partial charge in [0.05, 0.1) is 12.5 Å². The van der Waals surface area contributed by atoms with Crippen LogP contribution >= 0.6 is 35.3 Å². The van der Waals surface area contributed by atoms with Gasteiger partial charge >= 0.3 is 24.1 Å². The van der Waals surface area contributed by atoms with Gasteiger partial charge in [-0.1, -0.05) is 150 Å². The average Bonchev–Trinajstić information content (AvgIpc) is 0.762. The van der Waals surface area contributed by atoms with Gasteiger partial charge in [-0.2, -0.15) is 35.3 Å². The molecule has 0 saturated heterocycles. The second-order valence-corrected chi connectivity index (χ2v) is 32.2. The number of ether oxygens (including phenoxy) is 4. The number of unbranched alkanes of at least 4 members (excludes halogenated alkanes) is 1. The highest BCUT2D eigenvalue weighted by Gasteiger charge is 2.50. The van der Waals surface area contributed by atoms with Gasteiger partial charge in [0, 0.05) is 41.1 Å². The van der Waals surface area contributed by atoms with Crippen LogP contribution in [0.4, 0.5) is 9.59 Å². The first-order valence-corrected chi connectivity index (χ1v) is 39.9. The first-order chi connectivity index (χ1) is 50.7. The SMILES string of the molecule is Cc1ccc(CSC[C@H](NC(=O)[C@H](CSCc2ccc(C)cc2)NC(=O)[C@@H](NC(=O)[C@H](CSCc2ccc(C)cc2)NC(=O)[C@H](CCCCNC(=O)OCc2ccccc2)NC(=O)[C@H](CC(=O)OC2C3CC4CC(C3)CC2C4)NC(=O)OC(C)(C)C)[C@@H](C)O)C(=O)N[C@@H](C)C(=O)OCc2ccccc2)cc1. The molecule has 8 amide bonds. The Labute approximate surface area is 635 Å². The Balaban J connectivity index is 1.02. The average molecular weight is 1510 g/mol. The zero-order chi connectivity index (χ0) is 76.3. The van der Waals surface area contributed by atoms with Gasteiger partial charge in [0.15, 0.2) is 0 Å². The highest BCUT2D eigenvalue weighted by Crippen LogP contribution is 2.54. The van der Waals surface area contributed by atoms with E-state index in [-0.39, 0.29) is 74.2 Å². The number of aliphatic hydroxyl groups excluding tert-OH is 1. The summed E-state index contributed by atoms with van der Waals surface area (Å²) in [7, 11) is 0. The van der Waals surface area contributed by atoms with Gasteiger partial charge in [-0.25, -0.2) is 14.4 Å². The maximum absolute atomic E-state index is 15.1. The Bertz CT molecular complexity index is 3690. The van der Waals surface area contributed by atoms with Gasteiger partial charge in [0.25, 0.3) is 0 Å². The fraction of sp³-hybridized carbons (Fsp3) is 0.500. The molecule has 0 aromatic heterocycles. The number of aliphatic hydroxyl groups is 1. The molecule has 0 spiro atoms. The Morgan fingerprint density at radius 3 is 1.34 bits per heavy atom. The molecule has 4 aliphatic rings. The summed E-state index contributed by atoms with van der Waals surface area (Å²) in [6.45, 7) is 13.6. The molecule has 0 radical (unpaired) electrons. The minimum absolute atomic E-state index is 0.0261. The minimum Gasteiger partial charge on any atom is -0.462 e. The number of nitrogens with one attached hydrogen (secondary N) is 8. The Morgan fingerprint density at radius 1 is 0.462 bits per heavy atom. The predicted octanol–water partition coefficient (Wildman–Crippen LogP) is 9.51. The van der Waals surface area contributed by atoms with E-state index in [1.165, 1.54) is 55.6 Å². The zero-order valence-corrected chi connectivity index (χ0v) is 64.3. The molecule has 4 bridgehead atoms. The topological polar surface area (TPSA) is 324 Å². The number of benzene rings is 5. The molecule has 4 aliphatic carbocycles. The first-order valence-electron chi connectivity index (χ1n) is 36.4. The van der Waals surface area contributed by atoms with Crippen molar-refractivity contribution in [3.8, 4) is 0 Å². The largest absolute Gasteiger partial charge is 0.462 e. The monoisotopic (exact) mass is 1510 g/mol. The van der Waals surface area contributed by atoms with Crippen molar-refractivity contribution in [2.24, 2.45) is 23.7 Å². The summed E-state index contributed by atoms with van der Waals surface area (Å²) in [4.78, 5) is 143. The normalized spacial score (nSPS) is 18.6. The number of hydrogen-bond acceptors (Lipinski definition) is 18. The van der Waals surface area contributed by atoms with Crippen LogP contribution in [-0.4, -0.2) is 149 Å². The zero-order valence-electron chi connectivity index (χ0n) is 61.8. The van der Waals surface area contributed by atoms with Crippen LogP contribution in [0.1, 0.15) is 137 Å². The van der Waals surface area contributed by atoms with Crippen LogP contribution in [-0.2, 0) is 87.8 Å². The summed E-state index contributed by atoms with van der Waals surface area (Å²) in [5.74, 6) is -4.02. The molecule has 572 valence electrons. The van der Waals surface area contributed by atoms with Gasteiger partial charge in [0.2, 0.25) is 35.4 Å². The predicted molar refractivity (Wildman–Crippen MR) is 410 cm³/mol. The number of esters is 2. The van der Waals surface area contributed by atoms with E-state index in [9.17, 15) is 43.5 Å². The van der Waals surface area contributed by atoms with E-state index in [1.54, 1.807) is 45.0 Å². The highest BCUT2D eigenvalue weighted by atomic mass is 32.2. The van der Waals surface area contributed by atoms with Crippen LogP contribution in [0, 0.1) is 44.4 Å². The van der Waals surface area contributed by atoms with Gasteiger partial charge < -0.3 is 66.6 Å². The van der Waals surface area contributed by atoms with Gasteiger partial charge in [-0.3, -0.25) is 33.6 Å². The third kappa shape index (κ3) is 28.0. The van der Waals surface area contributed by atoms with Crippen molar-refractivity contribution in [2.45, 2.75) is 204 Å². The molecule has 0 unspecified atom stereocenters. The summed E-state index contributed by atoms with van der Waals surface area (Å²) in [5, 5.41) is 33.2. The number of thioether (sulfide) groups is 3. The lowest BCUT2D eigenvalue weighted by Gasteiger charge is -2.53. The van der Waals surface area contributed by atoms with E-state index in [0.29, 0.717) is 29.1 Å². The van der Waals surface area contributed by atoms with Crippen molar-refractivity contribution in [2.75, 3.05) is 23.8 Å². The van der Waals surface area contributed by atoms with E-state index in [4.69, 9.17) is 18.9 Å². The van der Waals surface area contributed by atoms with Gasteiger partial charge in [-0.15, -0.1) is 0 Å². The molecule has 9 N–H and O–H groups in total. The number of carbonyl (C=O) groups is 10. The van der Waals surface area contributed by atoms with Gasteiger partial charge in [-0.05, 0) is 158 Å². The molecule has 8 atom stereocenters. The molecule has 0 aliphatic heterocycles. The van der Waals surface area contributed by atoms with E-state index >= 15 is 9.59 Å². The molecule has 5 aromatic carbocycles. The number of amides is 8. The second-order valence-electron chi connectivity index (χ2n) is 29.1. The summed E-state index contributed by atoms with van der Waals surface area (Å²) < 4.78 is 22.7. The molecule has 0 heterocycles. The van der Waals surface area contributed by atoms with E-state index in [1.807, 2.05) is 130 Å². The Morgan fingerprint density at radius 2 is 0.877 bits per heavy atom. The number of rotatable bonds is 39. The van der Waals surface area contributed by atoms with Gasteiger partial charge in [0.1, 0.15) is 67.2 Å². The van der Waals surface area contributed by atoms with Crippen LogP contribution in [0.5, 0.6) is 0 Å². The summed E-state index contributed by atoms with van der Waals surface area (Å²) in [6, 6.07) is 31.3.